The number of anilines is 1. The molecule has 0 radical (unpaired) electrons. The Bertz CT molecular complexity index is 478. The molecule has 6 heteroatoms. The van der Waals surface area contributed by atoms with Crippen LogP contribution in [0.4, 0.5) is 10.2 Å². The second-order valence-corrected chi connectivity index (χ2v) is 3.39. The number of aromatic nitrogens is 3. The van der Waals surface area contributed by atoms with Gasteiger partial charge in [-0.05, 0) is 23.2 Å². The molecule has 0 fully saturated rings. The minimum absolute atomic E-state index is 0.00934. The van der Waals surface area contributed by atoms with Crippen molar-refractivity contribution in [2.24, 2.45) is 0 Å². The Kier molecular flexibility index (Phi) is 3.26. The first kappa shape index (κ1) is 10.8. The van der Waals surface area contributed by atoms with E-state index in [0.29, 0.717) is 6.54 Å². The predicted octanol–water partition coefficient (Wildman–Crippen LogP) is 2.28. The molecule has 2 aromatic heterocycles. The van der Waals surface area contributed by atoms with E-state index in [4.69, 9.17) is 11.6 Å². The summed E-state index contributed by atoms with van der Waals surface area (Å²) in [6, 6.07) is 3.68. The first-order chi connectivity index (χ1) is 7.75. The second kappa shape index (κ2) is 4.85. The Morgan fingerprint density at radius 2 is 2.25 bits per heavy atom. The van der Waals surface area contributed by atoms with Gasteiger partial charge in [-0.3, -0.25) is 4.98 Å². The Hall–Kier alpha value is -1.75. The van der Waals surface area contributed by atoms with Gasteiger partial charge in [-0.15, -0.1) is 0 Å². The standard InChI is InChI=1S/C10H8ClFN4/c11-10-15-6-8(12)9(16-10)14-5-7-2-1-3-13-4-7/h1-4,6H,5H2,(H,14,15,16). The lowest BCUT2D eigenvalue weighted by molar-refractivity contribution is 0.616. The molecule has 0 atom stereocenters. The van der Waals surface area contributed by atoms with Crippen molar-refractivity contribution in [3.8, 4) is 0 Å². The van der Waals surface area contributed by atoms with Crippen molar-refractivity contribution in [2.45, 2.75) is 6.54 Å². The first-order valence-electron chi connectivity index (χ1n) is 4.56. The molecule has 0 aromatic carbocycles. The molecule has 82 valence electrons. The Balaban J connectivity index is 2.08. The average molecular weight is 239 g/mol. The highest BCUT2D eigenvalue weighted by atomic mass is 35.5. The molecule has 0 spiro atoms. The minimum atomic E-state index is -0.534. The molecule has 2 rings (SSSR count). The van der Waals surface area contributed by atoms with Gasteiger partial charge >= 0.3 is 0 Å². The van der Waals surface area contributed by atoms with Crippen LogP contribution in [-0.4, -0.2) is 15.0 Å². The summed E-state index contributed by atoms with van der Waals surface area (Å²) < 4.78 is 13.2. The fourth-order valence-corrected chi connectivity index (χ4v) is 1.29. The zero-order chi connectivity index (χ0) is 11.4. The van der Waals surface area contributed by atoms with Gasteiger partial charge in [0.1, 0.15) is 0 Å². The van der Waals surface area contributed by atoms with Crippen molar-refractivity contribution in [3.63, 3.8) is 0 Å². The molecule has 0 aliphatic rings. The van der Waals surface area contributed by atoms with Crippen molar-refractivity contribution in [1.82, 2.24) is 15.0 Å². The van der Waals surface area contributed by atoms with E-state index in [1.54, 1.807) is 18.5 Å². The molecule has 0 saturated carbocycles. The monoisotopic (exact) mass is 238 g/mol. The van der Waals surface area contributed by atoms with Gasteiger partial charge in [-0.1, -0.05) is 6.07 Å². The van der Waals surface area contributed by atoms with Crippen LogP contribution in [0.1, 0.15) is 5.56 Å². The summed E-state index contributed by atoms with van der Waals surface area (Å²) in [7, 11) is 0. The maximum absolute atomic E-state index is 13.2. The van der Waals surface area contributed by atoms with Gasteiger partial charge in [0.25, 0.3) is 0 Å². The maximum Gasteiger partial charge on any atom is 0.224 e. The highest BCUT2D eigenvalue weighted by Crippen LogP contribution is 2.12. The zero-order valence-corrected chi connectivity index (χ0v) is 8.95. The highest BCUT2D eigenvalue weighted by Gasteiger charge is 2.04. The third kappa shape index (κ3) is 2.64. The maximum atomic E-state index is 13.2. The van der Waals surface area contributed by atoms with Crippen LogP contribution in [0.15, 0.2) is 30.7 Å². The van der Waals surface area contributed by atoms with Crippen molar-refractivity contribution in [2.75, 3.05) is 5.32 Å². The lowest BCUT2D eigenvalue weighted by atomic mass is 10.3. The number of halogens is 2. The third-order valence-electron chi connectivity index (χ3n) is 1.90. The van der Waals surface area contributed by atoms with Crippen LogP contribution in [0.5, 0.6) is 0 Å². The number of nitrogens with one attached hydrogen (secondary N) is 1. The molecular weight excluding hydrogens is 231 g/mol. The molecule has 4 nitrogen and oxygen atoms in total. The summed E-state index contributed by atoms with van der Waals surface area (Å²) in [6.45, 7) is 0.429. The van der Waals surface area contributed by atoms with E-state index >= 15 is 0 Å². The second-order valence-electron chi connectivity index (χ2n) is 3.05. The summed E-state index contributed by atoms with van der Waals surface area (Å²) >= 11 is 5.56. The van der Waals surface area contributed by atoms with Crippen LogP contribution >= 0.6 is 11.6 Å². The number of hydrogen-bond acceptors (Lipinski definition) is 4. The Morgan fingerprint density at radius 1 is 1.38 bits per heavy atom. The minimum Gasteiger partial charge on any atom is -0.363 e. The molecule has 16 heavy (non-hydrogen) atoms. The predicted molar refractivity (Wildman–Crippen MR) is 58.6 cm³/mol. The number of rotatable bonds is 3. The summed E-state index contributed by atoms with van der Waals surface area (Å²) in [6.07, 6.45) is 4.39. The van der Waals surface area contributed by atoms with Gasteiger partial charge in [-0.25, -0.2) is 9.37 Å². The van der Waals surface area contributed by atoms with Crippen LogP contribution in [0.2, 0.25) is 5.28 Å². The fourth-order valence-electron chi connectivity index (χ4n) is 1.16. The molecule has 0 aliphatic heterocycles. The van der Waals surface area contributed by atoms with E-state index in [1.807, 2.05) is 6.07 Å². The van der Waals surface area contributed by atoms with Crippen LogP contribution in [0.25, 0.3) is 0 Å². The third-order valence-corrected chi connectivity index (χ3v) is 2.08. The summed E-state index contributed by atoms with van der Waals surface area (Å²) in [5, 5.41) is 2.83. The largest absolute Gasteiger partial charge is 0.363 e. The molecular formula is C10H8ClFN4. The highest BCUT2D eigenvalue weighted by molar-refractivity contribution is 6.28. The van der Waals surface area contributed by atoms with Gasteiger partial charge in [0, 0.05) is 18.9 Å². The van der Waals surface area contributed by atoms with E-state index in [1.165, 1.54) is 0 Å². The Morgan fingerprint density at radius 3 is 3.00 bits per heavy atom. The lowest BCUT2D eigenvalue weighted by Crippen LogP contribution is -2.04. The van der Waals surface area contributed by atoms with E-state index in [2.05, 4.69) is 20.3 Å². The molecule has 0 bridgehead atoms. The molecule has 0 unspecified atom stereocenters. The van der Waals surface area contributed by atoms with Gasteiger partial charge in [0.2, 0.25) is 5.28 Å². The fraction of sp³-hybridized carbons (Fsp3) is 0.100. The van der Waals surface area contributed by atoms with E-state index in [9.17, 15) is 4.39 Å². The van der Waals surface area contributed by atoms with Crippen molar-refractivity contribution >= 4 is 17.4 Å². The summed E-state index contributed by atoms with van der Waals surface area (Å²) in [5.41, 5.74) is 0.927. The van der Waals surface area contributed by atoms with Crippen molar-refractivity contribution < 1.29 is 4.39 Å². The molecule has 0 amide bonds. The Labute approximate surface area is 96.5 Å². The van der Waals surface area contributed by atoms with Crippen LogP contribution in [-0.2, 0) is 6.54 Å². The number of hydrogen-bond donors (Lipinski definition) is 1. The van der Waals surface area contributed by atoms with Crippen molar-refractivity contribution in [3.05, 3.63) is 47.4 Å². The SMILES string of the molecule is Fc1cnc(Cl)nc1NCc1cccnc1. The first-order valence-corrected chi connectivity index (χ1v) is 4.94. The molecule has 1 N–H and O–H groups in total. The molecule has 2 heterocycles. The van der Waals surface area contributed by atoms with Gasteiger partial charge in [0.15, 0.2) is 11.6 Å². The number of nitrogens with zero attached hydrogens (tertiary/aromatic N) is 3. The van der Waals surface area contributed by atoms with E-state index < -0.39 is 5.82 Å². The van der Waals surface area contributed by atoms with E-state index in [0.717, 1.165) is 11.8 Å². The normalized spacial score (nSPS) is 10.1. The molecule has 0 saturated heterocycles. The van der Waals surface area contributed by atoms with Crippen LogP contribution in [0.3, 0.4) is 0 Å². The quantitative estimate of drug-likeness (QED) is 0.834. The average Bonchev–Trinajstić information content (AvgIpc) is 2.32. The van der Waals surface area contributed by atoms with Crippen molar-refractivity contribution in [1.29, 1.82) is 0 Å². The van der Waals surface area contributed by atoms with Crippen LogP contribution < -0.4 is 5.32 Å². The topological polar surface area (TPSA) is 50.7 Å². The number of pyridine rings is 1. The van der Waals surface area contributed by atoms with Crippen LogP contribution in [0, 0.1) is 5.82 Å². The van der Waals surface area contributed by atoms with Gasteiger partial charge < -0.3 is 5.32 Å². The lowest BCUT2D eigenvalue weighted by Gasteiger charge is -2.05. The summed E-state index contributed by atoms with van der Waals surface area (Å²) in [5.74, 6) is -0.447. The van der Waals surface area contributed by atoms with Gasteiger partial charge in [0.05, 0.1) is 6.20 Å². The summed E-state index contributed by atoms with van der Waals surface area (Å²) in [4.78, 5) is 11.2. The molecule has 0 aliphatic carbocycles. The molecule has 2 aromatic rings. The zero-order valence-electron chi connectivity index (χ0n) is 8.19. The smallest absolute Gasteiger partial charge is 0.224 e. The van der Waals surface area contributed by atoms with Gasteiger partial charge in [-0.2, -0.15) is 4.98 Å². The van der Waals surface area contributed by atoms with E-state index in [-0.39, 0.29) is 11.1 Å².